The Morgan fingerprint density at radius 3 is 2.50 bits per heavy atom. The number of benzene rings is 2. The highest BCUT2D eigenvalue weighted by Crippen LogP contribution is 2.23. The number of anilines is 1. The summed E-state index contributed by atoms with van der Waals surface area (Å²) in [5.41, 5.74) is 3.96. The number of nitrogens with zero attached hydrogens (tertiary/aromatic N) is 1. The van der Waals surface area contributed by atoms with Crippen molar-refractivity contribution in [3.63, 3.8) is 0 Å². The van der Waals surface area contributed by atoms with E-state index in [1.165, 1.54) is 5.01 Å². The Kier molecular flexibility index (Phi) is 4.00. The molecule has 110 valence electrons. The van der Waals surface area contributed by atoms with Crippen molar-refractivity contribution < 1.29 is 9.59 Å². The highest BCUT2D eigenvalue weighted by molar-refractivity contribution is 9.10. The molecule has 22 heavy (non-hydrogen) atoms. The van der Waals surface area contributed by atoms with Crippen LogP contribution in [0.1, 0.15) is 5.56 Å². The lowest BCUT2D eigenvalue weighted by molar-refractivity contribution is -0.117. The van der Waals surface area contributed by atoms with Crippen LogP contribution in [0.4, 0.5) is 5.69 Å². The minimum atomic E-state index is -0.431. The molecule has 0 radical (unpaired) electrons. The Morgan fingerprint density at radius 1 is 1.09 bits per heavy atom. The lowest BCUT2D eigenvalue weighted by Gasteiger charge is -2.14. The predicted octanol–water partition coefficient (Wildman–Crippen LogP) is 3.56. The molecule has 0 atom stereocenters. The van der Waals surface area contributed by atoms with Crippen LogP contribution in [0.3, 0.4) is 0 Å². The van der Waals surface area contributed by atoms with Gasteiger partial charge in [0.2, 0.25) is 0 Å². The van der Waals surface area contributed by atoms with Crippen LogP contribution < -0.4 is 10.4 Å². The van der Waals surface area contributed by atoms with Gasteiger partial charge in [-0.15, -0.1) is 0 Å². The van der Waals surface area contributed by atoms with E-state index in [2.05, 4.69) is 21.4 Å². The van der Waals surface area contributed by atoms with Gasteiger partial charge in [-0.25, -0.2) is 5.01 Å². The van der Waals surface area contributed by atoms with Crippen LogP contribution >= 0.6 is 27.5 Å². The largest absolute Gasteiger partial charge is 0.282 e. The number of halogens is 2. The van der Waals surface area contributed by atoms with Crippen LogP contribution in [-0.4, -0.2) is 11.8 Å². The smallest absolute Gasteiger partial charge is 0.267 e. The molecule has 0 unspecified atom stereocenters. The van der Waals surface area contributed by atoms with E-state index in [0.29, 0.717) is 10.7 Å². The summed E-state index contributed by atoms with van der Waals surface area (Å²) in [4.78, 5) is 24.5. The van der Waals surface area contributed by atoms with Crippen molar-refractivity contribution in [3.8, 4) is 0 Å². The zero-order valence-corrected chi connectivity index (χ0v) is 13.6. The molecule has 6 heteroatoms. The molecule has 1 N–H and O–H groups in total. The third-order valence-corrected chi connectivity index (χ3v) is 3.88. The number of nitrogens with one attached hydrogen (secondary N) is 1. The van der Waals surface area contributed by atoms with Gasteiger partial charge in [-0.3, -0.25) is 15.0 Å². The summed E-state index contributed by atoms with van der Waals surface area (Å²) >= 11 is 9.19. The molecule has 0 aromatic heterocycles. The molecule has 2 aromatic carbocycles. The standard InChI is InChI=1S/C16H10BrClN2O2/c17-11-3-1-2-10(8-11)9-14-15(21)19-20(16(14)22)13-6-4-12(18)5-7-13/h1-9H,(H,19,21)/b14-9+. The quantitative estimate of drug-likeness (QED) is 0.642. The van der Waals surface area contributed by atoms with Crippen LogP contribution in [0.15, 0.2) is 58.6 Å². The van der Waals surface area contributed by atoms with E-state index in [-0.39, 0.29) is 5.57 Å². The minimum Gasteiger partial charge on any atom is -0.267 e. The summed E-state index contributed by atoms with van der Waals surface area (Å²) in [6, 6.07) is 14.0. The monoisotopic (exact) mass is 376 g/mol. The van der Waals surface area contributed by atoms with Crippen LogP contribution in [0.25, 0.3) is 6.08 Å². The van der Waals surface area contributed by atoms with Crippen molar-refractivity contribution in [1.29, 1.82) is 0 Å². The van der Waals surface area contributed by atoms with E-state index < -0.39 is 11.8 Å². The first kappa shape index (κ1) is 14.8. The molecule has 1 aliphatic heterocycles. The normalized spacial score (nSPS) is 16.3. The van der Waals surface area contributed by atoms with E-state index in [1.807, 2.05) is 24.3 Å². The summed E-state index contributed by atoms with van der Waals surface area (Å²) < 4.78 is 0.877. The van der Waals surface area contributed by atoms with Gasteiger partial charge in [0.05, 0.1) is 5.69 Å². The van der Waals surface area contributed by atoms with E-state index in [9.17, 15) is 9.59 Å². The molecule has 2 amide bonds. The van der Waals surface area contributed by atoms with Crippen molar-refractivity contribution >= 4 is 51.1 Å². The third-order valence-electron chi connectivity index (χ3n) is 3.14. The molecule has 1 fully saturated rings. The van der Waals surface area contributed by atoms with Gasteiger partial charge in [0.15, 0.2) is 0 Å². The zero-order chi connectivity index (χ0) is 15.7. The van der Waals surface area contributed by atoms with E-state index in [1.54, 1.807) is 30.3 Å². The summed E-state index contributed by atoms with van der Waals surface area (Å²) in [5, 5.41) is 1.77. The first-order valence-corrected chi connectivity index (χ1v) is 7.60. The molecule has 0 spiro atoms. The Labute approximate surface area is 140 Å². The first-order valence-electron chi connectivity index (χ1n) is 6.43. The fourth-order valence-corrected chi connectivity index (χ4v) is 2.64. The molecule has 1 saturated heterocycles. The topological polar surface area (TPSA) is 49.4 Å². The van der Waals surface area contributed by atoms with Gasteiger partial charge in [0.1, 0.15) is 5.57 Å². The average molecular weight is 378 g/mol. The van der Waals surface area contributed by atoms with Crippen LogP contribution in [-0.2, 0) is 9.59 Å². The molecule has 3 rings (SSSR count). The van der Waals surface area contributed by atoms with Gasteiger partial charge >= 0.3 is 0 Å². The maximum absolute atomic E-state index is 12.4. The molecule has 0 saturated carbocycles. The van der Waals surface area contributed by atoms with Crippen LogP contribution in [0.5, 0.6) is 0 Å². The SMILES string of the molecule is O=C1NN(c2ccc(Cl)cc2)C(=O)/C1=C/c1cccc(Br)c1. The zero-order valence-electron chi connectivity index (χ0n) is 11.2. The number of carbonyl (C=O) groups is 2. The summed E-state index contributed by atoms with van der Waals surface area (Å²) in [6.07, 6.45) is 1.57. The number of rotatable bonds is 2. The van der Waals surface area contributed by atoms with Crippen molar-refractivity contribution in [1.82, 2.24) is 5.43 Å². The van der Waals surface area contributed by atoms with Crippen molar-refractivity contribution in [2.45, 2.75) is 0 Å². The molecule has 1 heterocycles. The van der Waals surface area contributed by atoms with Gasteiger partial charge in [-0.1, -0.05) is 39.7 Å². The number of hydrogen-bond donors (Lipinski definition) is 1. The number of hydrogen-bond acceptors (Lipinski definition) is 2. The second kappa shape index (κ2) is 5.94. The molecular formula is C16H10BrClN2O2. The van der Waals surface area contributed by atoms with Gasteiger partial charge in [0, 0.05) is 9.50 Å². The number of carbonyl (C=O) groups excluding carboxylic acids is 2. The van der Waals surface area contributed by atoms with Crippen LogP contribution in [0.2, 0.25) is 5.02 Å². The molecule has 2 aromatic rings. The third kappa shape index (κ3) is 2.91. The first-order chi connectivity index (χ1) is 10.5. The Balaban J connectivity index is 1.93. The second-order valence-corrected chi connectivity index (χ2v) is 6.02. The van der Waals surface area contributed by atoms with Crippen molar-refractivity contribution in [2.75, 3.05) is 5.01 Å². The summed E-state index contributed by atoms with van der Waals surface area (Å²) in [7, 11) is 0. The van der Waals surface area contributed by atoms with Gasteiger partial charge < -0.3 is 0 Å². The molecular weight excluding hydrogens is 368 g/mol. The second-order valence-electron chi connectivity index (χ2n) is 4.67. The van der Waals surface area contributed by atoms with E-state index in [0.717, 1.165) is 10.0 Å². The highest BCUT2D eigenvalue weighted by Gasteiger charge is 2.34. The lowest BCUT2D eigenvalue weighted by atomic mass is 10.1. The summed E-state index contributed by atoms with van der Waals surface area (Å²) in [5.74, 6) is -0.827. The summed E-state index contributed by atoms with van der Waals surface area (Å²) in [6.45, 7) is 0. The van der Waals surface area contributed by atoms with Gasteiger partial charge in [0.25, 0.3) is 11.8 Å². The van der Waals surface area contributed by atoms with Gasteiger partial charge in [-0.05, 0) is 48.0 Å². The van der Waals surface area contributed by atoms with Gasteiger partial charge in [-0.2, -0.15) is 0 Å². The Hall–Kier alpha value is -2.11. The predicted molar refractivity (Wildman–Crippen MR) is 89.2 cm³/mol. The van der Waals surface area contributed by atoms with E-state index in [4.69, 9.17) is 11.6 Å². The maximum Gasteiger partial charge on any atom is 0.282 e. The minimum absolute atomic E-state index is 0.0908. The van der Waals surface area contributed by atoms with E-state index >= 15 is 0 Å². The van der Waals surface area contributed by atoms with Crippen molar-refractivity contribution in [3.05, 3.63) is 69.2 Å². The molecule has 1 aliphatic rings. The fourth-order valence-electron chi connectivity index (χ4n) is 2.09. The van der Waals surface area contributed by atoms with Crippen LogP contribution in [0, 0.1) is 0 Å². The molecule has 4 nitrogen and oxygen atoms in total. The number of hydrazine groups is 1. The fraction of sp³-hybridized carbons (Fsp3) is 0. The molecule has 0 aliphatic carbocycles. The molecule has 0 bridgehead atoms. The number of amides is 2. The van der Waals surface area contributed by atoms with Crippen molar-refractivity contribution in [2.24, 2.45) is 0 Å². The highest BCUT2D eigenvalue weighted by atomic mass is 79.9. The Bertz CT molecular complexity index is 787. The maximum atomic E-state index is 12.4. The Morgan fingerprint density at radius 2 is 1.82 bits per heavy atom. The lowest BCUT2D eigenvalue weighted by Crippen LogP contribution is -2.35. The average Bonchev–Trinajstić information content (AvgIpc) is 2.76.